The molecule has 0 aromatic rings. The van der Waals surface area contributed by atoms with Crippen molar-refractivity contribution in [2.45, 2.75) is 46.1 Å². The summed E-state index contributed by atoms with van der Waals surface area (Å²) in [4.78, 5) is 11.2. The molecule has 14 heavy (non-hydrogen) atoms. The molecular formula is C11H23NO2. The number of hydrogen-bond acceptors (Lipinski definition) is 3. The Bertz CT molecular complexity index is 182. The third-order valence-corrected chi connectivity index (χ3v) is 2.45. The topological polar surface area (TPSA) is 52.3 Å². The smallest absolute Gasteiger partial charge is 0.305 e. The SMILES string of the molecule is COC(=O)CC(CC(C)C)C(C)(C)N. The highest BCUT2D eigenvalue weighted by Gasteiger charge is 2.28. The van der Waals surface area contributed by atoms with E-state index in [0.29, 0.717) is 12.3 Å². The van der Waals surface area contributed by atoms with Crippen LogP contribution in [-0.4, -0.2) is 18.6 Å². The summed E-state index contributed by atoms with van der Waals surface area (Å²) < 4.78 is 4.66. The Hall–Kier alpha value is -0.570. The molecule has 0 saturated heterocycles. The van der Waals surface area contributed by atoms with E-state index in [1.165, 1.54) is 7.11 Å². The van der Waals surface area contributed by atoms with Crippen molar-refractivity contribution < 1.29 is 9.53 Å². The van der Waals surface area contributed by atoms with Gasteiger partial charge < -0.3 is 10.5 Å². The number of carbonyl (C=O) groups is 1. The third-order valence-electron chi connectivity index (χ3n) is 2.45. The summed E-state index contributed by atoms with van der Waals surface area (Å²) in [6.07, 6.45) is 1.37. The molecule has 0 aromatic carbocycles. The number of nitrogens with two attached hydrogens (primary N) is 1. The summed E-state index contributed by atoms with van der Waals surface area (Å²) in [5, 5.41) is 0. The molecule has 0 aliphatic rings. The fourth-order valence-corrected chi connectivity index (χ4v) is 1.50. The Kier molecular flexibility index (Phi) is 5.13. The van der Waals surface area contributed by atoms with Gasteiger partial charge in [-0.1, -0.05) is 13.8 Å². The second-order valence-electron chi connectivity index (χ2n) is 4.93. The molecule has 3 heteroatoms. The van der Waals surface area contributed by atoms with Crippen molar-refractivity contribution in [1.29, 1.82) is 0 Å². The van der Waals surface area contributed by atoms with E-state index in [2.05, 4.69) is 18.6 Å². The van der Waals surface area contributed by atoms with E-state index in [9.17, 15) is 4.79 Å². The highest BCUT2D eigenvalue weighted by atomic mass is 16.5. The predicted molar refractivity (Wildman–Crippen MR) is 57.8 cm³/mol. The first kappa shape index (κ1) is 13.4. The van der Waals surface area contributed by atoms with Gasteiger partial charge in [0.25, 0.3) is 0 Å². The molecule has 3 nitrogen and oxygen atoms in total. The summed E-state index contributed by atoms with van der Waals surface area (Å²) in [7, 11) is 1.41. The average molecular weight is 201 g/mol. The van der Waals surface area contributed by atoms with Crippen molar-refractivity contribution in [3.63, 3.8) is 0 Å². The molecule has 1 unspecified atom stereocenters. The van der Waals surface area contributed by atoms with E-state index in [1.807, 2.05) is 13.8 Å². The van der Waals surface area contributed by atoms with E-state index in [-0.39, 0.29) is 17.4 Å². The molecule has 0 fully saturated rings. The van der Waals surface area contributed by atoms with Gasteiger partial charge in [0.05, 0.1) is 13.5 Å². The van der Waals surface area contributed by atoms with Crippen LogP contribution < -0.4 is 5.73 Å². The van der Waals surface area contributed by atoms with Gasteiger partial charge in [-0.3, -0.25) is 4.79 Å². The molecule has 2 N–H and O–H groups in total. The zero-order chi connectivity index (χ0) is 11.4. The third kappa shape index (κ3) is 5.22. The lowest BCUT2D eigenvalue weighted by Gasteiger charge is -2.31. The van der Waals surface area contributed by atoms with Gasteiger partial charge in [0, 0.05) is 5.54 Å². The van der Waals surface area contributed by atoms with Crippen LogP contribution in [-0.2, 0) is 9.53 Å². The lowest BCUT2D eigenvalue weighted by atomic mass is 9.80. The lowest BCUT2D eigenvalue weighted by Crippen LogP contribution is -2.42. The Labute approximate surface area is 87.0 Å². The number of hydrogen-bond donors (Lipinski definition) is 1. The Morgan fingerprint density at radius 2 is 1.93 bits per heavy atom. The highest BCUT2D eigenvalue weighted by Crippen LogP contribution is 2.25. The molecule has 0 aromatic heterocycles. The van der Waals surface area contributed by atoms with Crippen LogP contribution in [0.25, 0.3) is 0 Å². The van der Waals surface area contributed by atoms with Crippen LogP contribution in [0.15, 0.2) is 0 Å². The van der Waals surface area contributed by atoms with Gasteiger partial charge in [-0.15, -0.1) is 0 Å². The van der Waals surface area contributed by atoms with E-state index in [4.69, 9.17) is 5.73 Å². The molecule has 0 aliphatic heterocycles. The molecule has 0 radical (unpaired) electrons. The van der Waals surface area contributed by atoms with Gasteiger partial charge in [-0.2, -0.15) is 0 Å². The normalized spacial score (nSPS) is 14.2. The molecule has 0 rings (SSSR count). The first-order chi connectivity index (χ1) is 6.27. The van der Waals surface area contributed by atoms with Crippen LogP contribution >= 0.6 is 0 Å². The van der Waals surface area contributed by atoms with Gasteiger partial charge in [0.2, 0.25) is 0 Å². The first-order valence-corrected chi connectivity index (χ1v) is 5.13. The maximum Gasteiger partial charge on any atom is 0.305 e. The molecule has 0 saturated carbocycles. The fraction of sp³-hybridized carbons (Fsp3) is 0.909. The lowest BCUT2D eigenvalue weighted by molar-refractivity contribution is -0.142. The van der Waals surface area contributed by atoms with Crippen LogP contribution in [0.1, 0.15) is 40.5 Å². The Balaban J connectivity index is 4.33. The van der Waals surface area contributed by atoms with Gasteiger partial charge in [0.15, 0.2) is 0 Å². The van der Waals surface area contributed by atoms with Crippen LogP contribution in [0, 0.1) is 11.8 Å². The molecular weight excluding hydrogens is 178 g/mol. The van der Waals surface area contributed by atoms with E-state index in [1.54, 1.807) is 0 Å². The van der Waals surface area contributed by atoms with Gasteiger partial charge in [0.1, 0.15) is 0 Å². The number of carbonyl (C=O) groups excluding carboxylic acids is 1. The number of esters is 1. The minimum absolute atomic E-state index is 0.172. The molecule has 0 bridgehead atoms. The van der Waals surface area contributed by atoms with Crippen molar-refractivity contribution in [1.82, 2.24) is 0 Å². The van der Waals surface area contributed by atoms with E-state index < -0.39 is 0 Å². The maximum absolute atomic E-state index is 11.2. The van der Waals surface area contributed by atoms with Crippen LogP contribution in [0.5, 0.6) is 0 Å². The van der Waals surface area contributed by atoms with Crippen LogP contribution in [0.2, 0.25) is 0 Å². The van der Waals surface area contributed by atoms with Crippen molar-refractivity contribution in [2.75, 3.05) is 7.11 Å². The van der Waals surface area contributed by atoms with E-state index >= 15 is 0 Å². The fourth-order valence-electron chi connectivity index (χ4n) is 1.50. The molecule has 1 atom stereocenters. The minimum Gasteiger partial charge on any atom is -0.469 e. The molecule has 0 aliphatic carbocycles. The van der Waals surface area contributed by atoms with Crippen LogP contribution in [0.3, 0.4) is 0 Å². The van der Waals surface area contributed by atoms with E-state index in [0.717, 1.165) is 6.42 Å². The molecule has 0 spiro atoms. The Morgan fingerprint density at radius 3 is 2.21 bits per heavy atom. The average Bonchev–Trinajstić information content (AvgIpc) is 2.00. The van der Waals surface area contributed by atoms with Gasteiger partial charge >= 0.3 is 5.97 Å². The zero-order valence-electron chi connectivity index (χ0n) is 9.96. The standard InChI is InChI=1S/C11H23NO2/c1-8(2)6-9(11(3,4)12)7-10(13)14-5/h8-9H,6-7,12H2,1-5H3. The summed E-state index contributed by atoms with van der Waals surface area (Å²) in [5.41, 5.74) is 5.70. The molecule has 84 valence electrons. The molecule has 0 amide bonds. The second-order valence-corrected chi connectivity index (χ2v) is 4.93. The second kappa shape index (κ2) is 5.35. The largest absolute Gasteiger partial charge is 0.469 e. The van der Waals surface area contributed by atoms with Gasteiger partial charge in [-0.25, -0.2) is 0 Å². The first-order valence-electron chi connectivity index (χ1n) is 5.13. The van der Waals surface area contributed by atoms with Crippen LogP contribution in [0.4, 0.5) is 0 Å². The quantitative estimate of drug-likeness (QED) is 0.692. The minimum atomic E-state index is -0.321. The van der Waals surface area contributed by atoms with Crippen molar-refractivity contribution in [2.24, 2.45) is 17.6 Å². The summed E-state index contributed by atoms with van der Waals surface area (Å²) in [6.45, 7) is 8.19. The monoisotopic (exact) mass is 201 g/mol. The zero-order valence-corrected chi connectivity index (χ0v) is 9.96. The molecule has 0 heterocycles. The predicted octanol–water partition coefficient (Wildman–Crippen LogP) is 1.95. The number of rotatable bonds is 5. The van der Waals surface area contributed by atoms with Crippen molar-refractivity contribution in [3.05, 3.63) is 0 Å². The van der Waals surface area contributed by atoms with Gasteiger partial charge in [-0.05, 0) is 32.1 Å². The summed E-state index contributed by atoms with van der Waals surface area (Å²) in [5.74, 6) is 0.566. The number of methoxy groups -OCH3 is 1. The van der Waals surface area contributed by atoms with Crippen molar-refractivity contribution in [3.8, 4) is 0 Å². The highest BCUT2D eigenvalue weighted by molar-refractivity contribution is 5.69. The summed E-state index contributed by atoms with van der Waals surface area (Å²) >= 11 is 0. The number of ether oxygens (including phenoxy) is 1. The van der Waals surface area contributed by atoms with Crippen molar-refractivity contribution >= 4 is 5.97 Å². The Morgan fingerprint density at radius 1 is 1.43 bits per heavy atom. The summed E-state index contributed by atoms with van der Waals surface area (Å²) in [6, 6.07) is 0. The maximum atomic E-state index is 11.2.